The minimum Gasteiger partial charge on any atom is -0.390 e. The fourth-order valence-corrected chi connectivity index (χ4v) is 6.68. The van der Waals surface area contributed by atoms with Crippen molar-refractivity contribution in [2.24, 2.45) is 5.92 Å². The molecular formula is C20H26F4N6O3S. The summed E-state index contributed by atoms with van der Waals surface area (Å²) in [6, 6.07) is 0.731. The number of aliphatic hydroxyl groups excluding tert-OH is 1. The van der Waals surface area contributed by atoms with E-state index in [9.17, 15) is 31.1 Å². The predicted molar refractivity (Wildman–Crippen MR) is 115 cm³/mol. The molecule has 5 rings (SSSR count). The maximum Gasteiger partial charge on any atom is 0.389 e. The molecule has 0 bridgehead atoms. The molecule has 4 heterocycles. The number of nitrogens with zero attached hydrogens (tertiary/aromatic N) is 5. The number of fused-ring (bicyclic) bond motifs is 1. The predicted octanol–water partition coefficient (Wildman–Crippen LogP) is 1.99. The van der Waals surface area contributed by atoms with Crippen molar-refractivity contribution < 1.29 is 31.1 Å². The molecule has 2 aliphatic heterocycles. The van der Waals surface area contributed by atoms with E-state index < -0.39 is 46.5 Å². The maximum atomic E-state index is 14.5. The van der Waals surface area contributed by atoms with E-state index in [1.54, 1.807) is 4.90 Å². The Morgan fingerprint density at radius 3 is 2.59 bits per heavy atom. The van der Waals surface area contributed by atoms with Crippen LogP contribution in [0.25, 0.3) is 5.52 Å². The van der Waals surface area contributed by atoms with E-state index in [1.807, 2.05) is 0 Å². The van der Waals surface area contributed by atoms with Gasteiger partial charge < -0.3 is 15.3 Å². The molecule has 34 heavy (non-hydrogen) atoms. The SMILES string of the molecule is O=S(=O)(C1CC1)N1CC[C@@H](Nc2ncc3c(F)cc(N4CC[C@@H](CC(F)(F)F)C4)n3n2)[C@H](O)C1. The lowest BCUT2D eigenvalue weighted by atomic mass is 10.0. The van der Waals surface area contributed by atoms with Gasteiger partial charge in [-0.15, -0.1) is 5.10 Å². The van der Waals surface area contributed by atoms with E-state index in [0.717, 1.165) is 0 Å². The molecule has 0 aromatic carbocycles. The number of piperidine rings is 1. The Hall–Kier alpha value is -2.19. The summed E-state index contributed by atoms with van der Waals surface area (Å²) in [5, 5.41) is 17.5. The fourth-order valence-electron chi connectivity index (χ4n) is 4.81. The lowest BCUT2D eigenvalue weighted by molar-refractivity contribution is -0.142. The molecule has 0 amide bonds. The number of anilines is 2. The van der Waals surface area contributed by atoms with Gasteiger partial charge in [-0.05, 0) is 31.6 Å². The third-order valence-corrected chi connectivity index (χ3v) is 9.11. The van der Waals surface area contributed by atoms with Gasteiger partial charge in [-0.2, -0.15) is 17.5 Å². The minimum absolute atomic E-state index is 0.0312. The summed E-state index contributed by atoms with van der Waals surface area (Å²) in [7, 11) is -3.38. The second kappa shape index (κ2) is 8.48. The molecule has 0 spiro atoms. The van der Waals surface area contributed by atoms with E-state index >= 15 is 0 Å². The first-order valence-electron chi connectivity index (χ1n) is 11.3. The molecule has 3 atom stereocenters. The van der Waals surface area contributed by atoms with Crippen molar-refractivity contribution >= 4 is 27.3 Å². The Morgan fingerprint density at radius 2 is 1.91 bits per heavy atom. The monoisotopic (exact) mass is 506 g/mol. The number of sulfonamides is 1. The first-order valence-corrected chi connectivity index (χ1v) is 12.8. The van der Waals surface area contributed by atoms with Gasteiger partial charge >= 0.3 is 6.18 Å². The van der Waals surface area contributed by atoms with Crippen molar-refractivity contribution in [1.29, 1.82) is 0 Å². The smallest absolute Gasteiger partial charge is 0.389 e. The van der Waals surface area contributed by atoms with E-state index in [-0.39, 0.29) is 36.3 Å². The molecular weight excluding hydrogens is 480 g/mol. The highest BCUT2D eigenvalue weighted by atomic mass is 32.2. The van der Waals surface area contributed by atoms with Crippen molar-refractivity contribution in [2.45, 2.75) is 55.7 Å². The normalized spacial score (nSPS) is 27.0. The Morgan fingerprint density at radius 1 is 1.15 bits per heavy atom. The zero-order valence-corrected chi connectivity index (χ0v) is 19.1. The molecule has 188 valence electrons. The summed E-state index contributed by atoms with van der Waals surface area (Å²) in [5.74, 6) is -0.703. The van der Waals surface area contributed by atoms with Crippen LogP contribution in [0, 0.1) is 11.7 Å². The largest absolute Gasteiger partial charge is 0.390 e. The topological polar surface area (TPSA) is 103 Å². The number of hydrogen-bond donors (Lipinski definition) is 2. The second-order valence-electron chi connectivity index (χ2n) is 9.36. The number of halogens is 4. The third-order valence-electron chi connectivity index (χ3n) is 6.74. The molecule has 3 fully saturated rings. The summed E-state index contributed by atoms with van der Waals surface area (Å²) in [6.07, 6.45) is -2.86. The van der Waals surface area contributed by atoms with E-state index in [1.165, 1.54) is 21.1 Å². The number of alkyl halides is 3. The van der Waals surface area contributed by atoms with Gasteiger partial charge in [0.05, 0.1) is 23.6 Å². The maximum absolute atomic E-state index is 14.5. The molecule has 2 aromatic heterocycles. The number of hydrogen-bond acceptors (Lipinski definition) is 7. The summed E-state index contributed by atoms with van der Waals surface area (Å²) in [4.78, 5) is 5.79. The van der Waals surface area contributed by atoms with E-state index in [2.05, 4.69) is 15.4 Å². The van der Waals surface area contributed by atoms with Crippen LogP contribution in [0.1, 0.15) is 32.1 Å². The molecule has 9 nitrogen and oxygen atoms in total. The van der Waals surface area contributed by atoms with Gasteiger partial charge in [0.1, 0.15) is 11.3 Å². The van der Waals surface area contributed by atoms with Gasteiger partial charge in [0.15, 0.2) is 5.82 Å². The molecule has 3 aliphatic rings. The van der Waals surface area contributed by atoms with Crippen molar-refractivity contribution in [3.63, 3.8) is 0 Å². The highest BCUT2D eigenvalue weighted by molar-refractivity contribution is 7.90. The number of aliphatic hydroxyl groups is 1. The van der Waals surface area contributed by atoms with Crippen molar-refractivity contribution in [3.05, 3.63) is 18.1 Å². The Labute approximate surface area is 193 Å². The highest BCUT2D eigenvalue weighted by Gasteiger charge is 2.43. The Balaban J connectivity index is 1.30. The summed E-state index contributed by atoms with van der Waals surface area (Å²) >= 11 is 0. The number of nitrogens with one attached hydrogen (secondary N) is 1. The average Bonchev–Trinajstić information content (AvgIpc) is 3.46. The number of β-amino-alcohol motifs (C(OH)–C–C–N with tert-alkyl or cyclic N) is 1. The highest BCUT2D eigenvalue weighted by Crippen LogP contribution is 2.34. The van der Waals surface area contributed by atoms with Crippen molar-refractivity contribution in [1.82, 2.24) is 18.9 Å². The summed E-state index contributed by atoms with van der Waals surface area (Å²) in [5.41, 5.74) is 0.0886. The van der Waals surface area contributed by atoms with Crippen LogP contribution in [-0.4, -0.2) is 82.2 Å². The van der Waals surface area contributed by atoms with Gasteiger partial charge in [0.25, 0.3) is 0 Å². The molecule has 0 radical (unpaired) electrons. The van der Waals surface area contributed by atoms with Gasteiger partial charge in [-0.1, -0.05) is 0 Å². The molecule has 2 N–H and O–H groups in total. The molecule has 2 aromatic rings. The quantitative estimate of drug-likeness (QED) is 0.578. The van der Waals surface area contributed by atoms with Gasteiger partial charge in [0, 0.05) is 38.7 Å². The molecule has 0 unspecified atom stereocenters. The van der Waals surface area contributed by atoms with Crippen molar-refractivity contribution in [2.75, 3.05) is 36.4 Å². The lowest BCUT2D eigenvalue weighted by Crippen LogP contribution is -2.52. The van der Waals surface area contributed by atoms with Gasteiger partial charge in [-0.3, -0.25) is 0 Å². The first-order chi connectivity index (χ1) is 16.0. The summed E-state index contributed by atoms with van der Waals surface area (Å²) in [6.45, 7) is 0.722. The van der Waals surface area contributed by atoms with Crippen LogP contribution in [-0.2, 0) is 10.0 Å². The van der Waals surface area contributed by atoms with Crippen LogP contribution >= 0.6 is 0 Å². The number of aromatic nitrogens is 3. The van der Waals surface area contributed by atoms with Crippen LogP contribution < -0.4 is 10.2 Å². The van der Waals surface area contributed by atoms with E-state index in [0.29, 0.717) is 38.0 Å². The van der Waals surface area contributed by atoms with Crippen LogP contribution in [0.3, 0.4) is 0 Å². The van der Waals surface area contributed by atoms with Gasteiger partial charge in [0.2, 0.25) is 16.0 Å². The average molecular weight is 507 g/mol. The van der Waals surface area contributed by atoms with Crippen molar-refractivity contribution in [3.8, 4) is 0 Å². The van der Waals surface area contributed by atoms with Crippen LogP contribution in [0.4, 0.5) is 29.3 Å². The minimum atomic E-state index is -4.25. The third kappa shape index (κ3) is 4.67. The van der Waals surface area contributed by atoms with Crippen LogP contribution in [0.2, 0.25) is 0 Å². The molecule has 1 saturated carbocycles. The zero-order chi connectivity index (χ0) is 24.3. The summed E-state index contributed by atoms with van der Waals surface area (Å²) < 4.78 is 80.3. The lowest BCUT2D eigenvalue weighted by Gasteiger charge is -2.35. The zero-order valence-electron chi connectivity index (χ0n) is 18.2. The molecule has 1 aliphatic carbocycles. The van der Waals surface area contributed by atoms with Crippen LogP contribution in [0.5, 0.6) is 0 Å². The second-order valence-corrected chi connectivity index (χ2v) is 11.6. The Kier molecular flexibility index (Phi) is 5.88. The van der Waals surface area contributed by atoms with Crippen LogP contribution in [0.15, 0.2) is 12.3 Å². The van der Waals surface area contributed by atoms with E-state index in [4.69, 9.17) is 0 Å². The van der Waals surface area contributed by atoms with Gasteiger partial charge in [-0.25, -0.2) is 22.3 Å². The molecule has 14 heteroatoms. The standard InChI is InChI=1S/C20H26F4N6O3S/c21-14-7-18(28-5-3-12(10-28)8-20(22,23)24)30-16(14)9-25-19(27-30)26-15-4-6-29(11-17(15)31)34(32,33)13-1-2-13/h7,9,12-13,15,17,31H,1-6,8,10-11H2,(H,26,27)/t12-,15+,17+/m0/s1. The first kappa shape index (κ1) is 23.5. The molecule has 2 saturated heterocycles. The Bertz CT molecular complexity index is 1170. The fraction of sp³-hybridized carbons (Fsp3) is 0.700. The number of rotatable bonds is 6.